The number of fused-ring (bicyclic) bond motifs is 1. The van der Waals surface area contributed by atoms with Gasteiger partial charge in [-0.25, -0.2) is 4.98 Å². The van der Waals surface area contributed by atoms with E-state index in [1.165, 1.54) is 11.9 Å². The average molecular weight is 306 g/mol. The summed E-state index contributed by atoms with van der Waals surface area (Å²) in [5.41, 5.74) is 0.240. The van der Waals surface area contributed by atoms with Gasteiger partial charge in [0.1, 0.15) is 10.8 Å². The first-order chi connectivity index (χ1) is 10.1. The van der Waals surface area contributed by atoms with Crippen molar-refractivity contribution in [2.45, 2.75) is 6.92 Å². The second kappa shape index (κ2) is 6.54. The van der Waals surface area contributed by atoms with Crippen LogP contribution in [0.15, 0.2) is 30.3 Å². The zero-order chi connectivity index (χ0) is 15.4. The average Bonchev–Trinajstić information content (AvgIpc) is 2.51. The molecule has 1 N–H and O–H groups in total. The molecule has 0 bridgehead atoms. The summed E-state index contributed by atoms with van der Waals surface area (Å²) in [4.78, 5) is 29.5. The van der Waals surface area contributed by atoms with Gasteiger partial charge in [0.05, 0.1) is 6.54 Å². The van der Waals surface area contributed by atoms with Crippen molar-refractivity contribution in [2.75, 3.05) is 20.1 Å². The number of halogens is 1. The van der Waals surface area contributed by atoms with Crippen molar-refractivity contribution in [3.8, 4) is 0 Å². The summed E-state index contributed by atoms with van der Waals surface area (Å²) < 4.78 is 0. The normalized spacial score (nSPS) is 10.4. The van der Waals surface area contributed by atoms with Gasteiger partial charge >= 0.3 is 0 Å². The van der Waals surface area contributed by atoms with Gasteiger partial charge in [0, 0.05) is 19.0 Å². The lowest BCUT2D eigenvalue weighted by Crippen LogP contribution is -2.39. The molecular weight excluding hydrogens is 290 g/mol. The topological polar surface area (TPSA) is 62.3 Å². The van der Waals surface area contributed by atoms with Crippen molar-refractivity contribution in [2.24, 2.45) is 0 Å². The quantitative estimate of drug-likeness (QED) is 0.880. The van der Waals surface area contributed by atoms with E-state index in [0.29, 0.717) is 6.54 Å². The highest BCUT2D eigenvalue weighted by Crippen LogP contribution is 2.22. The fourth-order valence-electron chi connectivity index (χ4n) is 2.01. The molecule has 1 heterocycles. The van der Waals surface area contributed by atoms with Gasteiger partial charge in [-0.3, -0.25) is 9.59 Å². The molecule has 0 saturated heterocycles. The number of hydrogen-bond donors (Lipinski definition) is 1. The van der Waals surface area contributed by atoms with Crippen LogP contribution >= 0.6 is 11.6 Å². The standard InChI is InChI=1S/C15H16ClN3O2/c1-3-19(9-13(20)17-2)15(21)12-8-10-6-4-5-7-11(10)14(16)18-12/h4-8H,3,9H2,1-2H3,(H,17,20). The van der Waals surface area contributed by atoms with Gasteiger partial charge in [-0.15, -0.1) is 0 Å². The number of aromatic nitrogens is 1. The summed E-state index contributed by atoms with van der Waals surface area (Å²) in [5, 5.41) is 4.42. The number of carbonyl (C=O) groups excluding carboxylic acids is 2. The third-order valence-electron chi connectivity index (χ3n) is 3.20. The molecule has 0 aliphatic carbocycles. The van der Waals surface area contributed by atoms with Crippen LogP contribution in [0.3, 0.4) is 0 Å². The predicted molar refractivity (Wildman–Crippen MR) is 82.4 cm³/mol. The molecule has 2 amide bonds. The van der Waals surface area contributed by atoms with Gasteiger partial charge in [-0.2, -0.15) is 0 Å². The van der Waals surface area contributed by atoms with Gasteiger partial charge in [0.2, 0.25) is 5.91 Å². The number of carbonyl (C=O) groups is 2. The summed E-state index contributed by atoms with van der Waals surface area (Å²) in [7, 11) is 1.53. The Balaban J connectivity index is 2.36. The number of hydrogen-bond acceptors (Lipinski definition) is 3. The van der Waals surface area contributed by atoms with Crippen LogP contribution in [0.4, 0.5) is 0 Å². The minimum atomic E-state index is -0.311. The van der Waals surface area contributed by atoms with Crippen LogP contribution in [0.25, 0.3) is 10.8 Å². The van der Waals surface area contributed by atoms with Gasteiger partial charge in [-0.05, 0) is 18.4 Å². The van der Waals surface area contributed by atoms with Crippen LogP contribution in [0.1, 0.15) is 17.4 Å². The van der Waals surface area contributed by atoms with Gasteiger partial charge < -0.3 is 10.2 Å². The Morgan fingerprint density at radius 2 is 2.05 bits per heavy atom. The molecule has 0 aliphatic rings. The van der Waals surface area contributed by atoms with E-state index in [1.54, 1.807) is 6.07 Å². The van der Waals surface area contributed by atoms with Crippen molar-refractivity contribution in [3.63, 3.8) is 0 Å². The van der Waals surface area contributed by atoms with Gasteiger partial charge in [0.25, 0.3) is 5.91 Å². The molecule has 5 nitrogen and oxygen atoms in total. The summed E-state index contributed by atoms with van der Waals surface area (Å²) in [6, 6.07) is 9.14. The first kappa shape index (κ1) is 15.3. The summed E-state index contributed by atoms with van der Waals surface area (Å²) >= 11 is 6.13. The van der Waals surface area contributed by atoms with Gasteiger partial charge in [-0.1, -0.05) is 35.9 Å². The van der Waals surface area contributed by atoms with Crippen LogP contribution in [-0.2, 0) is 4.79 Å². The molecule has 2 rings (SSSR count). The molecule has 0 spiro atoms. The number of amides is 2. The Kier molecular flexibility index (Phi) is 4.75. The maximum absolute atomic E-state index is 12.4. The second-order valence-electron chi connectivity index (χ2n) is 4.51. The number of benzene rings is 1. The Bertz CT molecular complexity index is 688. The van der Waals surface area contributed by atoms with Crippen LogP contribution in [-0.4, -0.2) is 41.8 Å². The first-order valence-corrected chi connectivity index (χ1v) is 6.99. The minimum Gasteiger partial charge on any atom is -0.358 e. The monoisotopic (exact) mass is 305 g/mol. The molecule has 0 atom stereocenters. The lowest BCUT2D eigenvalue weighted by atomic mass is 10.1. The summed E-state index contributed by atoms with van der Waals surface area (Å²) in [5.74, 6) is -0.536. The molecule has 2 aromatic rings. The third kappa shape index (κ3) is 3.31. The Hall–Kier alpha value is -2.14. The van der Waals surface area contributed by atoms with Crippen molar-refractivity contribution < 1.29 is 9.59 Å². The lowest BCUT2D eigenvalue weighted by Gasteiger charge is -2.19. The number of likely N-dealkylation sites (N-methyl/N-ethyl adjacent to an activating group) is 2. The van der Waals surface area contributed by atoms with E-state index >= 15 is 0 Å². The smallest absolute Gasteiger partial charge is 0.272 e. The van der Waals surface area contributed by atoms with E-state index in [2.05, 4.69) is 10.3 Å². The van der Waals surface area contributed by atoms with Crippen molar-refractivity contribution in [1.82, 2.24) is 15.2 Å². The number of nitrogens with one attached hydrogen (secondary N) is 1. The number of rotatable bonds is 4. The SMILES string of the molecule is CCN(CC(=O)NC)C(=O)c1cc2ccccc2c(Cl)n1. The fraction of sp³-hybridized carbons (Fsp3) is 0.267. The summed E-state index contributed by atoms with van der Waals surface area (Å²) in [6.45, 7) is 2.22. The molecule has 21 heavy (non-hydrogen) atoms. The highest BCUT2D eigenvalue weighted by atomic mass is 35.5. The van der Waals surface area contributed by atoms with Gasteiger partial charge in [0.15, 0.2) is 0 Å². The van der Waals surface area contributed by atoms with E-state index in [4.69, 9.17) is 11.6 Å². The van der Waals surface area contributed by atoms with E-state index in [9.17, 15) is 9.59 Å². The molecule has 110 valence electrons. The third-order valence-corrected chi connectivity index (χ3v) is 3.48. The van der Waals surface area contributed by atoms with Crippen LogP contribution in [0.2, 0.25) is 5.15 Å². The zero-order valence-electron chi connectivity index (χ0n) is 11.9. The molecule has 0 aliphatic heterocycles. The molecule has 0 unspecified atom stereocenters. The van der Waals surface area contributed by atoms with Crippen LogP contribution < -0.4 is 5.32 Å². The summed E-state index contributed by atoms with van der Waals surface area (Å²) in [6.07, 6.45) is 0. The van der Waals surface area contributed by atoms with E-state index < -0.39 is 0 Å². The number of pyridine rings is 1. The zero-order valence-corrected chi connectivity index (χ0v) is 12.6. The molecule has 0 saturated carbocycles. The van der Waals surface area contributed by atoms with E-state index in [1.807, 2.05) is 31.2 Å². The Morgan fingerprint density at radius 1 is 1.33 bits per heavy atom. The first-order valence-electron chi connectivity index (χ1n) is 6.62. The molecule has 0 fully saturated rings. The van der Waals surface area contributed by atoms with Crippen molar-refractivity contribution >= 4 is 34.2 Å². The molecule has 6 heteroatoms. The maximum atomic E-state index is 12.4. The van der Waals surface area contributed by atoms with E-state index in [0.717, 1.165) is 10.8 Å². The predicted octanol–water partition coefficient (Wildman–Crippen LogP) is 2.10. The van der Waals surface area contributed by atoms with Crippen molar-refractivity contribution in [3.05, 3.63) is 41.2 Å². The highest BCUT2D eigenvalue weighted by molar-refractivity contribution is 6.34. The minimum absolute atomic E-state index is 0.00202. The Labute approximate surface area is 127 Å². The second-order valence-corrected chi connectivity index (χ2v) is 4.87. The molecule has 1 aromatic heterocycles. The highest BCUT2D eigenvalue weighted by Gasteiger charge is 2.19. The molecule has 1 aromatic carbocycles. The largest absolute Gasteiger partial charge is 0.358 e. The maximum Gasteiger partial charge on any atom is 0.272 e. The van der Waals surface area contributed by atoms with Crippen molar-refractivity contribution in [1.29, 1.82) is 0 Å². The number of nitrogens with zero attached hydrogens (tertiary/aromatic N) is 2. The molecular formula is C15H16ClN3O2. The van der Waals surface area contributed by atoms with Crippen LogP contribution in [0.5, 0.6) is 0 Å². The lowest BCUT2D eigenvalue weighted by molar-refractivity contribution is -0.121. The fourth-order valence-corrected chi connectivity index (χ4v) is 2.27. The molecule has 0 radical (unpaired) electrons. The van der Waals surface area contributed by atoms with Crippen LogP contribution in [0, 0.1) is 0 Å². The Morgan fingerprint density at radius 3 is 2.71 bits per heavy atom. The van der Waals surface area contributed by atoms with E-state index in [-0.39, 0.29) is 29.2 Å².